The van der Waals surface area contributed by atoms with Gasteiger partial charge in [-0.1, -0.05) is 43.7 Å². The fourth-order valence-corrected chi connectivity index (χ4v) is 3.93. The maximum absolute atomic E-state index is 9.52. The maximum Gasteiger partial charge on any atom is 0.106 e. The van der Waals surface area contributed by atoms with Gasteiger partial charge in [-0.2, -0.15) is 0 Å². The van der Waals surface area contributed by atoms with E-state index in [2.05, 4.69) is 57.0 Å². The first kappa shape index (κ1) is 20.1. The zero-order valence-corrected chi connectivity index (χ0v) is 16.6. The van der Waals surface area contributed by atoms with Crippen molar-refractivity contribution in [1.29, 1.82) is 0 Å². The fraction of sp³-hybridized carbons (Fsp3) is 0.591. The largest absolute Gasteiger partial charge is 0.396 e. The number of aryl methyl sites for hydroxylation is 1. The number of aromatic nitrogens is 2. The maximum atomic E-state index is 9.52. The summed E-state index contributed by atoms with van der Waals surface area (Å²) < 4.78 is 0. The highest BCUT2D eigenvalue weighted by atomic mass is 16.3. The smallest absolute Gasteiger partial charge is 0.106 e. The second-order valence-corrected chi connectivity index (χ2v) is 7.63. The average molecular weight is 371 g/mol. The van der Waals surface area contributed by atoms with E-state index >= 15 is 0 Å². The zero-order valence-electron chi connectivity index (χ0n) is 16.6. The first-order valence-electron chi connectivity index (χ1n) is 10.4. The summed E-state index contributed by atoms with van der Waals surface area (Å²) >= 11 is 0. The van der Waals surface area contributed by atoms with Crippen LogP contribution in [0.15, 0.2) is 36.5 Å². The summed E-state index contributed by atoms with van der Waals surface area (Å²) in [6.07, 6.45) is 7.33. The van der Waals surface area contributed by atoms with E-state index in [0.29, 0.717) is 6.04 Å². The van der Waals surface area contributed by atoms with Gasteiger partial charge in [0.15, 0.2) is 0 Å². The molecule has 1 aromatic carbocycles. The van der Waals surface area contributed by atoms with Crippen molar-refractivity contribution in [2.24, 2.45) is 0 Å². The standard InChI is InChI=1S/C22H34N4O/c1-2-3-9-22-23-16-20(24-22)17-25-13-14-26(21(18-25)11-15-27)12-10-19-7-5-4-6-8-19/h4-8,16,21,27H,2-3,9-15,17-18H2,1H3,(H,23,24)/t21-/m0/s1. The van der Waals surface area contributed by atoms with Crippen LogP contribution >= 0.6 is 0 Å². The third-order valence-electron chi connectivity index (χ3n) is 5.52. The number of nitrogens with zero attached hydrogens (tertiary/aromatic N) is 3. The quantitative estimate of drug-likeness (QED) is 0.675. The van der Waals surface area contributed by atoms with Gasteiger partial charge in [-0.15, -0.1) is 0 Å². The summed E-state index contributed by atoms with van der Waals surface area (Å²) in [4.78, 5) is 13.1. The molecule has 1 fully saturated rings. The number of hydrogen-bond acceptors (Lipinski definition) is 4. The lowest BCUT2D eigenvalue weighted by Crippen LogP contribution is -2.53. The van der Waals surface area contributed by atoms with Gasteiger partial charge in [-0.25, -0.2) is 4.98 Å². The molecule has 0 saturated carbocycles. The molecule has 1 saturated heterocycles. The molecule has 148 valence electrons. The molecule has 5 heteroatoms. The molecule has 0 spiro atoms. The van der Waals surface area contributed by atoms with E-state index in [1.54, 1.807) is 0 Å². The molecule has 27 heavy (non-hydrogen) atoms. The summed E-state index contributed by atoms with van der Waals surface area (Å²) in [6.45, 7) is 7.60. The Morgan fingerprint density at radius 3 is 2.81 bits per heavy atom. The SMILES string of the molecule is CCCCc1ncc(CN2CCN(CCc3ccccc3)[C@@H](CCO)C2)[nH]1. The van der Waals surface area contributed by atoms with Crippen LogP contribution in [0.5, 0.6) is 0 Å². The van der Waals surface area contributed by atoms with E-state index in [-0.39, 0.29) is 6.61 Å². The third kappa shape index (κ3) is 6.16. The van der Waals surface area contributed by atoms with Gasteiger partial charge < -0.3 is 10.1 Å². The molecule has 0 bridgehead atoms. The van der Waals surface area contributed by atoms with Gasteiger partial charge in [-0.05, 0) is 24.8 Å². The molecule has 0 aliphatic carbocycles. The lowest BCUT2D eigenvalue weighted by Gasteiger charge is -2.41. The number of unbranched alkanes of at least 4 members (excludes halogenated alkanes) is 1. The Balaban J connectivity index is 1.51. The van der Waals surface area contributed by atoms with E-state index in [1.807, 2.05) is 6.20 Å². The minimum atomic E-state index is 0.256. The van der Waals surface area contributed by atoms with Gasteiger partial charge in [0.05, 0.1) is 0 Å². The van der Waals surface area contributed by atoms with Crippen LogP contribution < -0.4 is 0 Å². The van der Waals surface area contributed by atoms with Crippen LogP contribution in [-0.2, 0) is 19.4 Å². The highest BCUT2D eigenvalue weighted by Crippen LogP contribution is 2.16. The first-order valence-corrected chi connectivity index (χ1v) is 10.4. The van der Waals surface area contributed by atoms with E-state index in [0.717, 1.165) is 57.8 Å². The highest BCUT2D eigenvalue weighted by molar-refractivity contribution is 5.15. The zero-order chi connectivity index (χ0) is 18.9. The summed E-state index contributed by atoms with van der Waals surface area (Å²) in [5.74, 6) is 1.11. The van der Waals surface area contributed by atoms with Gasteiger partial charge in [0.1, 0.15) is 5.82 Å². The Hall–Kier alpha value is -1.69. The van der Waals surface area contributed by atoms with Crippen LogP contribution in [0.3, 0.4) is 0 Å². The number of imidazole rings is 1. The van der Waals surface area contributed by atoms with Crippen molar-refractivity contribution in [2.45, 2.75) is 51.6 Å². The van der Waals surface area contributed by atoms with Crippen molar-refractivity contribution in [3.05, 3.63) is 53.6 Å². The molecule has 3 rings (SSSR count). The molecule has 0 unspecified atom stereocenters. The second-order valence-electron chi connectivity index (χ2n) is 7.63. The molecule has 1 atom stereocenters. The van der Waals surface area contributed by atoms with Crippen molar-refractivity contribution >= 4 is 0 Å². The predicted molar refractivity (Wildman–Crippen MR) is 110 cm³/mol. The van der Waals surface area contributed by atoms with Crippen LogP contribution in [0, 0.1) is 0 Å². The molecule has 0 radical (unpaired) electrons. The van der Waals surface area contributed by atoms with Crippen molar-refractivity contribution in [1.82, 2.24) is 19.8 Å². The van der Waals surface area contributed by atoms with Gasteiger partial charge >= 0.3 is 0 Å². The molecule has 5 nitrogen and oxygen atoms in total. The van der Waals surface area contributed by atoms with Crippen molar-refractivity contribution in [2.75, 3.05) is 32.8 Å². The van der Waals surface area contributed by atoms with E-state index in [1.165, 1.54) is 24.1 Å². The second kappa shape index (κ2) is 10.6. The summed E-state index contributed by atoms with van der Waals surface area (Å²) in [5, 5.41) is 9.52. The number of piperazine rings is 1. The number of aromatic amines is 1. The summed E-state index contributed by atoms with van der Waals surface area (Å²) in [5.41, 5.74) is 2.60. The molecule has 1 aliphatic heterocycles. The van der Waals surface area contributed by atoms with Crippen molar-refractivity contribution in [3.63, 3.8) is 0 Å². The summed E-state index contributed by atoms with van der Waals surface area (Å²) in [7, 11) is 0. The van der Waals surface area contributed by atoms with Crippen LogP contribution in [0.1, 0.15) is 43.3 Å². The first-order chi connectivity index (χ1) is 13.3. The Kier molecular flexibility index (Phi) is 7.87. The minimum Gasteiger partial charge on any atom is -0.396 e. The minimum absolute atomic E-state index is 0.256. The van der Waals surface area contributed by atoms with Crippen LogP contribution in [-0.4, -0.2) is 63.7 Å². The molecule has 1 aromatic heterocycles. The van der Waals surface area contributed by atoms with Crippen LogP contribution in [0.2, 0.25) is 0 Å². The molecule has 2 N–H and O–H groups in total. The number of H-pyrrole nitrogens is 1. The Morgan fingerprint density at radius 1 is 1.19 bits per heavy atom. The molecule has 2 heterocycles. The third-order valence-corrected chi connectivity index (χ3v) is 5.52. The average Bonchev–Trinajstić information content (AvgIpc) is 3.14. The van der Waals surface area contributed by atoms with Gasteiger partial charge in [0, 0.05) is 63.7 Å². The van der Waals surface area contributed by atoms with E-state index < -0.39 is 0 Å². The highest BCUT2D eigenvalue weighted by Gasteiger charge is 2.26. The molecular formula is C22H34N4O. The number of aliphatic hydroxyl groups excluding tert-OH is 1. The lowest BCUT2D eigenvalue weighted by atomic mass is 10.1. The van der Waals surface area contributed by atoms with Gasteiger partial charge in [-0.3, -0.25) is 9.80 Å². The number of rotatable bonds is 10. The Labute approximate surface area is 163 Å². The monoisotopic (exact) mass is 370 g/mol. The predicted octanol–water partition coefficient (Wildman–Crippen LogP) is 2.86. The van der Waals surface area contributed by atoms with E-state index in [9.17, 15) is 5.11 Å². The number of hydrogen-bond donors (Lipinski definition) is 2. The topological polar surface area (TPSA) is 55.4 Å². The van der Waals surface area contributed by atoms with Gasteiger partial charge in [0.25, 0.3) is 0 Å². The number of aliphatic hydroxyl groups is 1. The molecule has 0 amide bonds. The number of nitrogens with one attached hydrogen (secondary N) is 1. The van der Waals surface area contributed by atoms with Crippen LogP contribution in [0.4, 0.5) is 0 Å². The van der Waals surface area contributed by atoms with Gasteiger partial charge in [0.2, 0.25) is 0 Å². The van der Waals surface area contributed by atoms with Crippen molar-refractivity contribution in [3.8, 4) is 0 Å². The summed E-state index contributed by atoms with van der Waals surface area (Å²) in [6, 6.07) is 11.1. The lowest BCUT2D eigenvalue weighted by molar-refractivity contribution is 0.0556. The normalized spacial score (nSPS) is 18.8. The molecule has 1 aliphatic rings. The Bertz CT molecular complexity index is 657. The van der Waals surface area contributed by atoms with E-state index in [4.69, 9.17) is 0 Å². The molecular weight excluding hydrogens is 336 g/mol. The van der Waals surface area contributed by atoms with Crippen molar-refractivity contribution < 1.29 is 5.11 Å². The Morgan fingerprint density at radius 2 is 2.04 bits per heavy atom. The van der Waals surface area contributed by atoms with Crippen LogP contribution in [0.25, 0.3) is 0 Å². The fourth-order valence-electron chi connectivity index (χ4n) is 3.93. The number of benzene rings is 1. The molecule has 2 aromatic rings.